The average molecular weight is 260 g/mol. The van der Waals surface area contributed by atoms with Crippen molar-refractivity contribution in [2.75, 3.05) is 26.8 Å². The van der Waals surface area contributed by atoms with E-state index in [2.05, 4.69) is 5.32 Å². The van der Waals surface area contributed by atoms with Crippen molar-refractivity contribution in [3.63, 3.8) is 0 Å². The van der Waals surface area contributed by atoms with Crippen LogP contribution in [0.25, 0.3) is 0 Å². The van der Waals surface area contributed by atoms with Gasteiger partial charge in [-0.1, -0.05) is 6.92 Å². The van der Waals surface area contributed by atoms with Gasteiger partial charge in [-0.25, -0.2) is 0 Å². The van der Waals surface area contributed by atoms with E-state index in [1.807, 2.05) is 6.92 Å². The fraction of sp³-hybridized carbons (Fsp3) is 0.833. The van der Waals surface area contributed by atoms with Crippen LogP contribution in [0.15, 0.2) is 0 Å². The fourth-order valence-corrected chi connectivity index (χ4v) is 1.84. The summed E-state index contributed by atoms with van der Waals surface area (Å²) in [5.41, 5.74) is -1.08. The molecule has 0 saturated carbocycles. The first kappa shape index (κ1) is 16.9. The Bertz CT molecular complexity index is 292. The fourth-order valence-electron chi connectivity index (χ4n) is 1.84. The molecule has 1 unspecified atom stereocenters. The monoisotopic (exact) mass is 260 g/mol. The first-order valence-corrected chi connectivity index (χ1v) is 6.05. The lowest BCUT2D eigenvalue weighted by Gasteiger charge is -2.37. The molecule has 0 fully saturated rings. The van der Waals surface area contributed by atoms with Gasteiger partial charge in [0.2, 0.25) is 5.91 Å². The van der Waals surface area contributed by atoms with E-state index >= 15 is 0 Å². The highest BCUT2D eigenvalue weighted by Gasteiger charge is 2.38. The second-order valence-corrected chi connectivity index (χ2v) is 4.61. The van der Waals surface area contributed by atoms with Gasteiger partial charge in [0.05, 0.1) is 12.6 Å². The molecule has 0 aromatic heterocycles. The van der Waals surface area contributed by atoms with E-state index in [1.165, 1.54) is 0 Å². The van der Waals surface area contributed by atoms with E-state index in [9.17, 15) is 14.7 Å². The number of methoxy groups -OCH3 is 1. The zero-order valence-corrected chi connectivity index (χ0v) is 11.8. The summed E-state index contributed by atoms with van der Waals surface area (Å²) < 4.78 is 4.84. The van der Waals surface area contributed by atoms with Crippen molar-refractivity contribution in [1.29, 1.82) is 0 Å². The molecule has 0 aliphatic rings. The van der Waals surface area contributed by atoms with Crippen molar-refractivity contribution in [1.82, 2.24) is 10.2 Å². The van der Waals surface area contributed by atoms with Crippen LogP contribution < -0.4 is 5.32 Å². The Morgan fingerprint density at radius 3 is 2.39 bits per heavy atom. The van der Waals surface area contributed by atoms with Gasteiger partial charge < -0.3 is 15.2 Å². The van der Waals surface area contributed by atoms with Crippen molar-refractivity contribution in [3.8, 4) is 0 Å². The number of ether oxygens (including phenoxy) is 1. The van der Waals surface area contributed by atoms with E-state index in [1.54, 1.807) is 32.8 Å². The Balaban J connectivity index is 4.65. The molecule has 0 aromatic rings. The minimum Gasteiger partial charge on any atom is -0.480 e. The molecule has 0 aliphatic carbocycles. The summed E-state index contributed by atoms with van der Waals surface area (Å²) in [6.07, 6.45) is 0. The average Bonchev–Trinajstić information content (AvgIpc) is 2.29. The van der Waals surface area contributed by atoms with Crippen LogP contribution >= 0.6 is 0 Å². The van der Waals surface area contributed by atoms with Gasteiger partial charge in [0.15, 0.2) is 0 Å². The first-order valence-electron chi connectivity index (χ1n) is 6.05. The summed E-state index contributed by atoms with van der Waals surface area (Å²) >= 11 is 0. The lowest BCUT2D eigenvalue weighted by Crippen LogP contribution is -2.58. The Kier molecular flexibility index (Phi) is 6.86. The van der Waals surface area contributed by atoms with Gasteiger partial charge in [-0.3, -0.25) is 14.5 Å². The number of carbonyl (C=O) groups excluding carboxylic acids is 1. The van der Waals surface area contributed by atoms with Crippen LogP contribution in [0.4, 0.5) is 0 Å². The maximum atomic E-state index is 11.9. The molecule has 106 valence electrons. The molecule has 1 amide bonds. The van der Waals surface area contributed by atoms with Gasteiger partial charge in [-0.15, -0.1) is 0 Å². The summed E-state index contributed by atoms with van der Waals surface area (Å²) in [6, 6.07) is -0.502. The Morgan fingerprint density at radius 1 is 1.44 bits per heavy atom. The number of hydrogen-bond donors (Lipinski definition) is 2. The zero-order valence-electron chi connectivity index (χ0n) is 11.8. The van der Waals surface area contributed by atoms with E-state index in [0.717, 1.165) is 0 Å². The second kappa shape index (κ2) is 7.33. The molecule has 0 rings (SSSR count). The molecule has 0 aromatic carbocycles. The smallest absolute Gasteiger partial charge is 0.323 e. The Morgan fingerprint density at radius 2 is 2.00 bits per heavy atom. The van der Waals surface area contributed by atoms with Gasteiger partial charge in [-0.2, -0.15) is 0 Å². The van der Waals surface area contributed by atoms with Crippen molar-refractivity contribution < 1.29 is 19.4 Å². The van der Waals surface area contributed by atoms with Gasteiger partial charge in [-0.05, 0) is 27.3 Å². The van der Waals surface area contributed by atoms with Crippen LogP contribution in [-0.4, -0.2) is 60.3 Å². The Labute approximate surface area is 108 Å². The number of aliphatic carboxylic acids is 1. The van der Waals surface area contributed by atoms with E-state index in [4.69, 9.17) is 4.74 Å². The standard InChI is InChI=1S/C12H24N2O4/c1-6-14(12(3,4)11(16)17)9(2)10(15)13-7-8-18-5/h9H,6-8H2,1-5H3,(H,13,15)(H,16,17). The normalized spacial score (nSPS) is 13.4. The first-order chi connectivity index (χ1) is 8.28. The molecule has 0 aliphatic heterocycles. The van der Waals surface area contributed by atoms with Gasteiger partial charge in [0.1, 0.15) is 5.54 Å². The predicted molar refractivity (Wildman–Crippen MR) is 68.4 cm³/mol. The van der Waals surface area contributed by atoms with Crippen molar-refractivity contribution in [3.05, 3.63) is 0 Å². The summed E-state index contributed by atoms with van der Waals surface area (Å²) in [6.45, 7) is 8.07. The molecule has 0 radical (unpaired) electrons. The second-order valence-electron chi connectivity index (χ2n) is 4.61. The number of carboxylic acid groups (broad SMARTS) is 1. The SMILES string of the molecule is CCN(C(C)C(=O)NCCOC)C(C)(C)C(=O)O. The number of nitrogens with zero attached hydrogens (tertiary/aromatic N) is 1. The third-order valence-corrected chi connectivity index (χ3v) is 3.03. The van der Waals surface area contributed by atoms with Crippen molar-refractivity contribution in [2.24, 2.45) is 0 Å². The van der Waals surface area contributed by atoms with Crippen LogP contribution in [0.1, 0.15) is 27.7 Å². The molecular weight excluding hydrogens is 236 g/mol. The van der Waals surface area contributed by atoms with Crippen LogP contribution in [-0.2, 0) is 14.3 Å². The Hall–Kier alpha value is -1.14. The molecule has 0 heterocycles. The molecule has 0 spiro atoms. The van der Waals surface area contributed by atoms with E-state index in [0.29, 0.717) is 19.7 Å². The summed E-state index contributed by atoms with van der Waals surface area (Å²) in [5.74, 6) is -1.14. The van der Waals surface area contributed by atoms with E-state index in [-0.39, 0.29) is 5.91 Å². The molecule has 0 bridgehead atoms. The number of carbonyl (C=O) groups is 2. The summed E-state index contributed by atoms with van der Waals surface area (Å²) in [4.78, 5) is 24.8. The van der Waals surface area contributed by atoms with Crippen LogP contribution in [0.3, 0.4) is 0 Å². The maximum absolute atomic E-state index is 11.9. The lowest BCUT2D eigenvalue weighted by molar-refractivity contribution is -0.152. The maximum Gasteiger partial charge on any atom is 0.323 e. The molecule has 6 nitrogen and oxygen atoms in total. The molecule has 18 heavy (non-hydrogen) atoms. The summed E-state index contributed by atoms with van der Waals surface area (Å²) in [5, 5.41) is 11.9. The largest absolute Gasteiger partial charge is 0.480 e. The lowest BCUT2D eigenvalue weighted by atomic mass is 10.0. The highest BCUT2D eigenvalue weighted by Crippen LogP contribution is 2.17. The van der Waals surface area contributed by atoms with Gasteiger partial charge in [0, 0.05) is 13.7 Å². The molecular formula is C12H24N2O4. The highest BCUT2D eigenvalue weighted by molar-refractivity contribution is 5.83. The zero-order chi connectivity index (χ0) is 14.3. The molecule has 2 N–H and O–H groups in total. The topological polar surface area (TPSA) is 78.9 Å². The van der Waals surface area contributed by atoms with Crippen LogP contribution in [0, 0.1) is 0 Å². The number of nitrogens with one attached hydrogen (secondary N) is 1. The van der Waals surface area contributed by atoms with Crippen LogP contribution in [0.2, 0.25) is 0 Å². The van der Waals surface area contributed by atoms with Gasteiger partial charge in [0.25, 0.3) is 0 Å². The van der Waals surface area contributed by atoms with Crippen molar-refractivity contribution in [2.45, 2.75) is 39.3 Å². The molecule has 0 saturated heterocycles. The third kappa shape index (κ3) is 4.27. The number of amides is 1. The number of likely N-dealkylation sites (N-methyl/N-ethyl adjacent to an activating group) is 1. The predicted octanol–water partition coefficient (Wildman–Crippen LogP) is 0.323. The number of rotatable bonds is 8. The minimum atomic E-state index is -1.08. The summed E-state index contributed by atoms with van der Waals surface area (Å²) in [7, 11) is 1.56. The molecule has 6 heteroatoms. The number of carboxylic acids is 1. The minimum absolute atomic E-state index is 0.191. The van der Waals surface area contributed by atoms with Crippen molar-refractivity contribution >= 4 is 11.9 Å². The third-order valence-electron chi connectivity index (χ3n) is 3.03. The molecule has 1 atom stereocenters. The highest BCUT2D eigenvalue weighted by atomic mass is 16.5. The quantitative estimate of drug-likeness (QED) is 0.615. The van der Waals surface area contributed by atoms with Gasteiger partial charge >= 0.3 is 5.97 Å². The van der Waals surface area contributed by atoms with E-state index < -0.39 is 17.6 Å². The van der Waals surface area contributed by atoms with Crippen LogP contribution in [0.5, 0.6) is 0 Å². The number of hydrogen-bond acceptors (Lipinski definition) is 4.